The molecule has 3 rings (SSSR count). The highest BCUT2D eigenvalue weighted by Crippen LogP contribution is 2.46. The first kappa shape index (κ1) is 15.4. The van der Waals surface area contributed by atoms with E-state index in [1.807, 2.05) is 0 Å². The lowest BCUT2D eigenvalue weighted by Gasteiger charge is -2.19. The number of hydrogen-bond donors (Lipinski definition) is 3. The second-order valence-electron chi connectivity index (χ2n) is 4.78. The van der Waals surface area contributed by atoms with Crippen LogP contribution in [0.3, 0.4) is 0 Å². The summed E-state index contributed by atoms with van der Waals surface area (Å²) >= 11 is 0. The lowest BCUT2D eigenvalue weighted by molar-refractivity contribution is -0.137. The molecule has 0 aliphatic carbocycles. The molecule has 1 aromatic carbocycles. The molecular formula is C15H12F3N3OS. The van der Waals surface area contributed by atoms with Crippen molar-refractivity contribution in [1.29, 1.82) is 0 Å². The van der Waals surface area contributed by atoms with Crippen molar-refractivity contribution in [2.24, 2.45) is 10.7 Å². The quantitative estimate of drug-likeness (QED) is 0.732. The predicted molar refractivity (Wildman–Crippen MR) is 84.4 cm³/mol. The zero-order chi connectivity index (χ0) is 16.6. The minimum Gasteiger partial charge on any atom is -0.507 e. The van der Waals surface area contributed by atoms with Gasteiger partial charge in [-0.15, -0.1) is 10.9 Å². The Morgan fingerprint density at radius 3 is 2.52 bits per heavy atom. The number of hydrogen-bond acceptors (Lipinski definition) is 4. The van der Waals surface area contributed by atoms with E-state index < -0.39 is 22.6 Å². The van der Waals surface area contributed by atoms with Crippen molar-refractivity contribution in [2.45, 2.75) is 11.1 Å². The number of nitrogens with zero attached hydrogens (tertiary/aromatic N) is 2. The second-order valence-corrected chi connectivity index (χ2v) is 6.79. The molecule has 8 heteroatoms. The number of benzene rings is 1. The van der Waals surface area contributed by atoms with Crippen molar-refractivity contribution >= 4 is 16.1 Å². The molecule has 0 bridgehead atoms. The fraction of sp³-hybridized carbons (Fsp3) is 0.0667. The molecule has 0 saturated heterocycles. The van der Waals surface area contributed by atoms with Gasteiger partial charge in [0.2, 0.25) is 0 Å². The van der Waals surface area contributed by atoms with Gasteiger partial charge in [-0.25, -0.2) is 4.99 Å². The monoisotopic (exact) mass is 339 g/mol. The van der Waals surface area contributed by atoms with Gasteiger partial charge in [-0.1, -0.05) is 6.07 Å². The summed E-state index contributed by atoms with van der Waals surface area (Å²) in [5, 5.41) is 11.8. The normalized spacial score (nSPS) is 18.9. The average molecular weight is 339 g/mol. The van der Waals surface area contributed by atoms with Crippen LogP contribution in [0.2, 0.25) is 0 Å². The number of alkyl halides is 3. The van der Waals surface area contributed by atoms with Gasteiger partial charge >= 0.3 is 6.18 Å². The Hall–Kier alpha value is -2.48. The Morgan fingerprint density at radius 1 is 1.13 bits per heavy atom. The maximum Gasteiger partial charge on any atom is 0.417 e. The molecule has 2 heterocycles. The standard InChI is InChI=1S/C15H12F3N3OS/c16-15(17,18)12-7-9(23-6-5-21-14(23)19)1-2-10(12)11-8-20-4-3-13(11)22/h1-8,23H,(H2,19,21)(H,20,22). The van der Waals surface area contributed by atoms with Crippen LogP contribution < -0.4 is 5.73 Å². The molecular weight excluding hydrogens is 327 g/mol. The zero-order valence-corrected chi connectivity index (χ0v) is 12.5. The molecule has 0 radical (unpaired) electrons. The molecule has 1 unspecified atom stereocenters. The van der Waals surface area contributed by atoms with Gasteiger partial charge < -0.3 is 10.8 Å². The maximum atomic E-state index is 13.5. The summed E-state index contributed by atoms with van der Waals surface area (Å²) in [7, 11) is -1.18. The fourth-order valence-electron chi connectivity index (χ4n) is 2.28. The van der Waals surface area contributed by atoms with E-state index in [9.17, 15) is 18.3 Å². The number of thiol groups is 1. The first-order chi connectivity index (χ1) is 10.9. The lowest BCUT2D eigenvalue weighted by Crippen LogP contribution is -2.11. The van der Waals surface area contributed by atoms with Crippen LogP contribution in [0.4, 0.5) is 13.2 Å². The minimum absolute atomic E-state index is 0.0303. The number of amidine groups is 1. The van der Waals surface area contributed by atoms with Gasteiger partial charge in [0.1, 0.15) is 10.9 Å². The Balaban J connectivity index is 2.17. The summed E-state index contributed by atoms with van der Waals surface area (Å²) < 4.78 is 40.4. The van der Waals surface area contributed by atoms with Crippen molar-refractivity contribution in [3.05, 3.63) is 53.8 Å². The molecule has 2 aromatic rings. The molecule has 120 valence electrons. The van der Waals surface area contributed by atoms with E-state index in [1.54, 1.807) is 11.5 Å². The van der Waals surface area contributed by atoms with Crippen molar-refractivity contribution < 1.29 is 18.3 Å². The van der Waals surface area contributed by atoms with E-state index in [1.165, 1.54) is 30.7 Å². The lowest BCUT2D eigenvalue weighted by atomic mass is 10.00. The van der Waals surface area contributed by atoms with Crippen LogP contribution in [-0.2, 0) is 6.18 Å². The van der Waals surface area contributed by atoms with Crippen LogP contribution in [-0.4, -0.2) is 15.3 Å². The Bertz CT molecular complexity index is 818. The molecule has 3 N–H and O–H groups in total. The largest absolute Gasteiger partial charge is 0.507 e. The van der Waals surface area contributed by atoms with E-state index in [2.05, 4.69) is 9.98 Å². The molecule has 0 spiro atoms. The van der Waals surface area contributed by atoms with E-state index in [4.69, 9.17) is 5.73 Å². The van der Waals surface area contributed by atoms with Gasteiger partial charge in [0.15, 0.2) is 0 Å². The maximum absolute atomic E-state index is 13.5. The van der Waals surface area contributed by atoms with Crippen LogP contribution in [0.15, 0.2) is 58.2 Å². The topological polar surface area (TPSA) is 71.5 Å². The first-order valence-corrected chi connectivity index (χ1v) is 7.93. The molecule has 0 fully saturated rings. The molecule has 0 saturated carbocycles. The highest BCUT2D eigenvalue weighted by molar-refractivity contribution is 8.32. The average Bonchev–Trinajstić information content (AvgIpc) is 2.92. The van der Waals surface area contributed by atoms with Crippen LogP contribution in [0, 0.1) is 0 Å². The second kappa shape index (κ2) is 5.62. The summed E-state index contributed by atoms with van der Waals surface area (Å²) in [6, 6.07) is 5.21. The number of aromatic hydroxyl groups is 1. The molecule has 0 amide bonds. The summed E-state index contributed by atoms with van der Waals surface area (Å²) in [6.45, 7) is 0. The van der Waals surface area contributed by atoms with E-state index in [-0.39, 0.29) is 16.9 Å². The van der Waals surface area contributed by atoms with E-state index in [0.717, 1.165) is 6.07 Å². The van der Waals surface area contributed by atoms with Crippen molar-refractivity contribution in [1.82, 2.24) is 4.98 Å². The highest BCUT2D eigenvalue weighted by atomic mass is 32.2. The number of nitrogens with two attached hydrogens (primary N) is 1. The Kier molecular flexibility index (Phi) is 3.77. The Morgan fingerprint density at radius 2 is 1.91 bits per heavy atom. The molecule has 1 aliphatic heterocycles. The fourth-order valence-corrected chi connectivity index (χ4v) is 3.76. The van der Waals surface area contributed by atoms with Gasteiger partial charge in [-0.2, -0.15) is 13.2 Å². The van der Waals surface area contributed by atoms with Crippen molar-refractivity contribution in [3.63, 3.8) is 0 Å². The minimum atomic E-state index is -4.57. The Labute approximate surface area is 132 Å². The summed E-state index contributed by atoms with van der Waals surface area (Å²) in [5.41, 5.74) is 4.80. The van der Waals surface area contributed by atoms with Crippen molar-refractivity contribution in [3.8, 4) is 16.9 Å². The highest BCUT2D eigenvalue weighted by Gasteiger charge is 2.35. The molecule has 23 heavy (non-hydrogen) atoms. The van der Waals surface area contributed by atoms with Crippen LogP contribution in [0.1, 0.15) is 5.56 Å². The third kappa shape index (κ3) is 2.89. The summed E-state index contributed by atoms with van der Waals surface area (Å²) in [6.07, 6.45) is -0.562. The van der Waals surface area contributed by atoms with Gasteiger partial charge in [-0.05, 0) is 34.1 Å². The molecule has 1 atom stereocenters. The van der Waals surface area contributed by atoms with Gasteiger partial charge in [0.25, 0.3) is 0 Å². The number of halogens is 3. The number of rotatable bonds is 2. The summed E-state index contributed by atoms with van der Waals surface area (Å²) in [4.78, 5) is 8.13. The van der Waals surface area contributed by atoms with Gasteiger partial charge in [0, 0.05) is 24.2 Å². The number of pyridine rings is 1. The zero-order valence-electron chi connectivity index (χ0n) is 11.6. The number of aromatic nitrogens is 1. The van der Waals surface area contributed by atoms with Crippen molar-refractivity contribution in [2.75, 3.05) is 0 Å². The number of aliphatic imine (C=N–C) groups is 1. The third-order valence-corrected chi connectivity index (χ3v) is 5.22. The smallest absolute Gasteiger partial charge is 0.417 e. The van der Waals surface area contributed by atoms with E-state index in [0.29, 0.717) is 10.1 Å². The van der Waals surface area contributed by atoms with Crippen LogP contribution >= 0.6 is 10.9 Å². The molecule has 1 aliphatic rings. The van der Waals surface area contributed by atoms with Gasteiger partial charge in [-0.3, -0.25) is 4.98 Å². The van der Waals surface area contributed by atoms with E-state index >= 15 is 0 Å². The summed E-state index contributed by atoms with van der Waals surface area (Å²) in [5.74, 6) is -0.259. The third-order valence-electron chi connectivity index (χ3n) is 3.34. The SMILES string of the molecule is NC1=NC=C[SH]1c1ccc(-c2cnccc2O)c(C(F)(F)F)c1. The molecule has 4 nitrogen and oxygen atoms in total. The van der Waals surface area contributed by atoms with Crippen LogP contribution in [0.25, 0.3) is 11.1 Å². The van der Waals surface area contributed by atoms with Crippen LogP contribution in [0.5, 0.6) is 5.75 Å². The van der Waals surface area contributed by atoms with Gasteiger partial charge in [0.05, 0.1) is 5.56 Å². The predicted octanol–water partition coefficient (Wildman–Crippen LogP) is 3.63. The first-order valence-electron chi connectivity index (χ1n) is 6.51. The molecule has 1 aromatic heterocycles.